The summed E-state index contributed by atoms with van der Waals surface area (Å²) < 4.78 is 0. The molecule has 0 aliphatic heterocycles. The zero-order valence-corrected chi connectivity index (χ0v) is 11.1. The minimum absolute atomic E-state index is 0.0992. The highest BCUT2D eigenvalue weighted by molar-refractivity contribution is 5.76. The molecule has 1 aliphatic carbocycles. The molecular weight excluding hydrogens is 214 g/mol. The fourth-order valence-corrected chi connectivity index (χ4v) is 2.64. The first-order chi connectivity index (χ1) is 8.22. The Bertz CT molecular complexity index is 212. The highest BCUT2D eigenvalue weighted by Crippen LogP contribution is 2.27. The third-order valence-corrected chi connectivity index (χ3v) is 3.71. The lowest BCUT2D eigenvalue weighted by Crippen LogP contribution is -2.33. The van der Waals surface area contributed by atoms with Crippen LogP contribution in [0.5, 0.6) is 0 Å². The summed E-state index contributed by atoms with van der Waals surface area (Å²) in [4.78, 5) is 11.6. The van der Waals surface area contributed by atoms with Gasteiger partial charge in [0, 0.05) is 19.1 Å². The van der Waals surface area contributed by atoms with E-state index in [2.05, 4.69) is 5.32 Å². The second kappa shape index (κ2) is 8.51. The van der Waals surface area contributed by atoms with Gasteiger partial charge in [-0.3, -0.25) is 4.79 Å². The number of nitrogens with one attached hydrogen (secondary N) is 1. The summed E-state index contributed by atoms with van der Waals surface area (Å²) in [6.07, 6.45) is 10.4. The standard InChI is InChI=1S/C14H27NO2/c1-12(10-11-16)15-14(17)9-5-8-13-6-3-2-4-7-13/h12-13,16H,2-11H2,1H3,(H,15,17). The van der Waals surface area contributed by atoms with Gasteiger partial charge in [0.25, 0.3) is 0 Å². The van der Waals surface area contributed by atoms with Crippen molar-refractivity contribution < 1.29 is 9.90 Å². The Morgan fingerprint density at radius 3 is 2.71 bits per heavy atom. The second-order valence-electron chi connectivity index (χ2n) is 5.38. The molecule has 0 saturated heterocycles. The van der Waals surface area contributed by atoms with Crippen LogP contribution in [-0.2, 0) is 4.79 Å². The quantitative estimate of drug-likeness (QED) is 0.720. The van der Waals surface area contributed by atoms with Crippen molar-refractivity contribution in [2.45, 2.75) is 70.8 Å². The van der Waals surface area contributed by atoms with Crippen molar-refractivity contribution in [3.63, 3.8) is 0 Å². The molecule has 0 heterocycles. The number of aliphatic hydroxyl groups excluding tert-OH is 1. The van der Waals surface area contributed by atoms with Crippen molar-refractivity contribution in [1.29, 1.82) is 0 Å². The van der Waals surface area contributed by atoms with Gasteiger partial charge < -0.3 is 10.4 Å². The Labute approximate surface area is 105 Å². The van der Waals surface area contributed by atoms with Gasteiger partial charge in [-0.2, -0.15) is 0 Å². The molecule has 1 atom stereocenters. The van der Waals surface area contributed by atoms with E-state index in [1.54, 1.807) is 0 Å². The van der Waals surface area contributed by atoms with Gasteiger partial charge in [-0.05, 0) is 32.1 Å². The molecular formula is C14H27NO2. The summed E-state index contributed by atoms with van der Waals surface area (Å²) in [5.41, 5.74) is 0. The van der Waals surface area contributed by atoms with Crippen LogP contribution >= 0.6 is 0 Å². The molecule has 1 fully saturated rings. The van der Waals surface area contributed by atoms with Crippen molar-refractivity contribution in [1.82, 2.24) is 5.32 Å². The summed E-state index contributed by atoms with van der Waals surface area (Å²) in [7, 11) is 0. The van der Waals surface area contributed by atoms with Crippen LogP contribution in [0.25, 0.3) is 0 Å². The van der Waals surface area contributed by atoms with Crippen molar-refractivity contribution in [3.8, 4) is 0 Å². The van der Waals surface area contributed by atoms with Crippen LogP contribution in [0.2, 0.25) is 0 Å². The highest BCUT2D eigenvalue weighted by Gasteiger charge is 2.14. The predicted molar refractivity (Wildman–Crippen MR) is 69.7 cm³/mol. The molecule has 17 heavy (non-hydrogen) atoms. The molecule has 3 nitrogen and oxygen atoms in total. The maximum Gasteiger partial charge on any atom is 0.220 e. The number of carbonyl (C=O) groups is 1. The molecule has 1 unspecified atom stereocenters. The maximum absolute atomic E-state index is 11.6. The van der Waals surface area contributed by atoms with Crippen LogP contribution in [0.3, 0.4) is 0 Å². The molecule has 0 aromatic rings. The van der Waals surface area contributed by atoms with Crippen molar-refractivity contribution in [2.75, 3.05) is 6.61 Å². The van der Waals surface area contributed by atoms with Crippen LogP contribution in [0, 0.1) is 5.92 Å². The number of amides is 1. The summed E-state index contributed by atoms with van der Waals surface area (Å²) in [6, 6.07) is 0.0992. The minimum atomic E-state index is 0.0992. The predicted octanol–water partition coefficient (Wildman–Crippen LogP) is 2.62. The van der Waals surface area contributed by atoms with E-state index in [1.807, 2.05) is 6.92 Å². The highest BCUT2D eigenvalue weighted by atomic mass is 16.3. The molecule has 2 N–H and O–H groups in total. The van der Waals surface area contributed by atoms with Gasteiger partial charge in [0.1, 0.15) is 0 Å². The van der Waals surface area contributed by atoms with Gasteiger partial charge in [-0.1, -0.05) is 32.1 Å². The van der Waals surface area contributed by atoms with Gasteiger partial charge >= 0.3 is 0 Å². The van der Waals surface area contributed by atoms with Crippen LogP contribution in [0.15, 0.2) is 0 Å². The zero-order chi connectivity index (χ0) is 12.5. The molecule has 1 aliphatic rings. The third-order valence-electron chi connectivity index (χ3n) is 3.71. The van der Waals surface area contributed by atoms with Crippen LogP contribution < -0.4 is 5.32 Å². The lowest BCUT2D eigenvalue weighted by atomic mass is 9.86. The average Bonchev–Trinajstić information content (AvgIpc) is 2.30. The van der Waals surface area contributed by atoms with E-state index >= 15 is 0 Å². The topological polar surface area (TPSA) is 49.3 Å². The van der Waals surface area contributed by atoms with Crippen molar-refractivity contribution >= 4 is 5.91 Å². The minimum Gasteiger partial charge on any atom is -0.396 e. The van der Waals surface area contributed by atoms with E-state index in [0.29, 0.717) is 12.8 Å². The normalized spacial score (nSPS) is 18.9. The third kappa shape index (κ3) is 6.67. The molecule has 0 aromatic heterocycles. The number of aliphatic hydroxyl groups is 1. The Morgan fingerprint density at radius 1 is 1.35 bits per heavy atom. The lowest BCUT2D eigenvalue weighted by Gasteiger charge is -2.21. The first-order valence-corrected chi connectivity index (χ1v) is 7.12. The first kappa shape index (κ1) is 14.5. The molecule has 0 spiro atoms. The van der Waals surface area contributed by atoms with Gasteiger partial charge in [-0.15, -0.1) is 0 Å². The average molecular weight is 241 g/mol. The SMILES string of the molecule is CC(CCO)NC(=O)CCCC1CCCCC1. The van der Waals surface area contributed by atoms with Crippen LogP contribution in [-0.4, -0.2) is 23.7 Å². The number of hydrogen-bond donors (Lipinski definition) is 2. The van der Waals surface area contributed by atoms with Crippen molar-refractivity contribution in [2.24, 2.45) is 5.92 Å². The number of hydrogen-bond acceptors (Lipinski definition) is 2. The van der Waals surface area contributed by atoms with E-state index in [4.69, 9.17) is 5.11 Å². The number of carbonyl (C=O) groups excluding carboxylic acids is 1. The largest absolute Gasteiger partial charge is 0.396 e. The summed E-state index contributed by atoms with van der Waals surface area (Å²) >= 11 is 0. The molecule has 1 amide bonds. The molecule has 100 valence electrons. The van der Waals surface area contributed by atoms with E-state index < -0.39 is 0 Å². The monoisotopic (exact) mass is 241 g/mol. The van der Waals surface area contributed by atoms with E-state index in [-0.39, 0.29) is 18.6 Å². The summed E-state index contributed by atoms with van der Waals surface area (Å²) in [5.74, 6) is 1.01. The lowest BCUT2D eigenvalue weighted by molar-refractivity contribution is -0.121. The van der Waals surface area contributed by atoms with Gasteiger partial charge in [-0.25, -0.2) is 0 Å². The summed E-state index contributed by atoms with van der Waals surface area (Å²) in [5, 5.41) is 11.7. The second-order valence-corrected chi connectivity index (χ2v) is 5.38. The van der Waals surface area contributed by atoms with Gasteiger partial charge in [0.2, 0.25) is 5.91 Å². The first-order valence-electron chi connectivity index (χ1n) is 7.12. The molecule has 3 heteroatoms. The van der Waals surface area contributed by atoms with Gasteiger partial charge in [0.15, 0.2) is 0 Å². The molecule has 1 rings (SSSR count). The fraction of sp³-hybridized carbons (Fsp3) is 0.929. The molecule has 0 radical (unpaired) electrons. The maximum atomic E-state index is 11.6. The van der Waals surface area contributed by atoms with E-state index in [0.717, 1.165) is 12.3 Å². The Balaban J connectivity index is 2.03. The van der Waals surface area contributed by atoms with E-state index in [1.165, 1.54) is 38.5 Å². The Morgan fingerprint density at radius 2 is 2.06 bits per heavy atom. The molecule has 0 aromatic carbocycles. The Kier molecular flexibility index (Phi) is 7.25. The smallest absolute Gasteiger partial charge is 0.220 e. The Hall–Kier alpha value is -0.570. The molecule has 1 saturated carbocycles. The number of rotatable bonds is 7. The van der Waals surface area contributed by atoms with E-state index in [9.17, 15) is 4.79 Å². The summed E-state index contributed by atoms with van der Waals surface area (Å²) in [6.45, 7) is 2.08. The van der Waals surface area contributed by atoms with Crippen LogP contribution in [0.1, 0.15) is 64.7 Å². The fourth-order valence-electron chi connectivity index (χ4n) is 2.64. The van der Waals surface area contributed by atoms with Crippen molar-refractivity contribution in [3.05, 3.63) is 0 Å². The van der Waals surface area contributed by atoms with Gasteiger partial charge in [0.05, 0.1) is 0 Å². The molecule has 0 bridgehead atoms. The van der Waals surface area contributed by atoms with Crippen LogP contribution in [0.4, 0.5) is 0 Å². The zero-order valence-electron chi connectivity index (χ0n) is 11.1.